The summed E-state index contributed by atoms with van der Waals surface area (Å²) < 4.78 is 13.2. The van der Waals surface area contributed by atoms with E-state index in [-0.39, 0.29) is 17.2 Å². The Bertz CT molecular complexity index is 474. The second-order valence-electron chi connectivity index (χ2n) is 4.62. The molecule has 1 aliphatic carbocycles. The maximum absolute atomic E-state index is 13.2. The number of rotatable bonds is 1. The fourth-order valence-corrected chi connectivity index (χ4v) is 2.84. The summed E-state index contributed by atoms with van der Waals surface area (Å²) in [5, 5.41) is 12.2. The lowest BCUT2D eigenvalue weighted by molar-refractivity contribution is -0.139. The van der Waals surface area contributed by atoms with E-state index in [9.17, 15) is 9.18 Å². The fourth-order valence-electron chi connectivity index (χ4n) is 2.84. The van der Waals surface area contributed by atoms with Gasteiger partial charge in [-0.3, -0.25) is 4.79 Å². The summed E-state index contributed by atoms with van der Waals surface area (Å²) in [6, 6.07) is 4.58. The van der Waals surface area contributed by atoms with Gasteiger partial charge < -0.3 is 10.4 Å². The lowest BCUT2D eigenvalue weighted by Gasteiger charge is -2.27. The number of halogens is 1. The summed E-state index contributed by atoms with van der Waals surface area (Å²) in [6.07, 6.45) is 1.42. The minimum atomic E-state index is -0.767. The molecule has 2 aliphatic rings. The number of nitrogens with one attached hydrogen (secondary N) is 1. The van der Waals surface area contributed by atoms with Crippen molar-refractivity contribution in [3.8, 4) is 0 Å². The molecule has 3 rings (SSSR count). The van der Waals surface area contributed by atoms with Crippen molar-refractivity contribution in [2.75, 3.05) is 11.9 Å². The van der Waals surface area contributed by atoms with Crippen LogP contribution in [0.3, 0.4) is 0 Å². The first-order valence-corrected chi connectivity index (χ1v) is 5.40. The average molecular weight is 221 g/mol. The second-order valence-corrected chi connectivity index (χ2v) is 4.62. The van der Waals surface area contributed by atoms with E-state index in [1.165, 1.54) is 12.1 Å². The highest BCUT2D eigenvalue weighted by Gasteiger charge is 2.60. The number of carboxylic acids is 1. The summed E-state index contributed by atoms with van der Waals surface area (Å²) in [5.41, 5.74) is 1.41. The largest absolute Gasteiger partial charge is 0.481 e. The summed E-state index contributed by atoms with van der Waals surface area (Å²) in [5.74, 6) is -1.40. The zero-order valence-corrected chi connectivity index (χ0v) is 8.66. The number of aliphatic carboxylic acids is 1. The van der Waals surface area contributed by atoms with E-state index in [1.807, 2.05) is 0 Å². The Hall–Kier alpha value is -1.58. The fraction of sp³-hybridized carbons (Fsp3) is 0.417. The van der Waals surface area contributed by atoms with Crippen molar-refractivity contribution in [2.24, 2.45) is 5.92 Å². The van der Waals surface area contributed by atoms with E-state index in [0.29, 0.717) is 6.42 Å². The zero-order chi connectivity index (χ0) is 11.3. The van der Waals surface area contributed by atoms with Gasteiger partial charge in [0.15, 0.2) is 0 Å². The van der Waals surface area contributed by atoms with Crippen LogP contribution in [0.25, 0.3) is 0 Å². The second kappa shape index (κ2) is 2.97. The van der Waals surface area contributed by atoms with Crippen molar-refractivity contribution in [3.05, 3.63) is 29.6 Å². The van der Waals surface area contributed by atoms with Crippen molar-refractivity contribution in [2.45, 2.75) is 18.3 Å². The predicted octanol–water partition coefficient (Wildman–Crippen LogP) is 1.98. The van der Waals surface area contributed by atoms with Gasteiger partial charge in [-0.15, -0.1) is 0 Å². The first kappa shape index (κ1) is 9.63. The van der Waals surface area contributed by atoms with Gasteiger partial charge in [0, 0.05) is 17.6 Å². The number of hydrogen-bond donors (Lipinski definition) is 2. The molecule has 16 heavy (non-hydrogen) atoms. The standard InChI is InChI=1S/C12H12FNO2/c13-7-1-2-10-8(5-7)12(3-4-14-10)6-9(12)11(15)16/h1-2,5,9,14H,3-4,6H2,(H,15,16). The minimum Gasteiger partial charge on any atom is -0.481 e. The Balaban J connectivity index is 2.07. The maximum atomic E-state index is 13.2. The minimum absolute atomic E-state index is 0.294. The molecule has 1 heterocycles. The van der Waals surface area contributed by atoms with Crippen LogP contribution in [0.15, 0.2) is 18.2 Å². The summed E-state index contributed by atoms with van der Waals surface area (Å²) in [4.78, 5) is 11.0. The molecule has 4 heteroatoms. The highest BCUT2D eigenvalue weighted by molar-refractivity contribution is 5.79. The summed E-state index contributed by atoms with van der Waals surface area (Å²) in [6.45, 7) is 0.766. The third kappa shape index (κ3) is 1.16. The smallest absolute Gasteiger partial charge is 0.307 e. The van der Waals surface area contributed by atoms with Crippen LogP contribution in [-0.4, -0.2) is 17.6 Å². The van der Waals surface area contributed by atoms with Crippen LogP contribution in [0.1, 0.15) is 18.4 Å². The quantitative estimate of drug-likeness (QED) is 0.762. The third-order valence-corrected chi connectivity index (χ3v) is 3.78. The molecule has 0 amide bonds. The number of carbonyl (C=O) groups is 1. The Kier molecular flexibility index (Phi) is 1.79. The van der Waals surface area contributed by atoms with Gasteiger partial charge in [-0.2, -0.15) is 0 Å². The molecular formula is C12H12FNO2. The molecule has 2 unspecified atom stereocenters. The molecule has 2 N–H and O–H groups in total. The van der Waals surface area contributed by atoms with Crippen LogP contribution in [0.5, 0.6) is 0 Å². The predicted molar refractivity (Wildman–Crippen MR) is 56.9 cm³/mol. The molecule has 1 saturated carbocycles. The number of benzene rings is 1. The highest BCUT2D eigenvalue weighted by atomic mass is 19.1. The van der Waals surface area contributed by atoms with Gasteiger partial charge in [0.2, 0.25) is 0 Å². The first-order valence-electron chi connectivity index (χ1n) is 5.40. The molecule has 0 bridgehead atoms. The van der Waals surface area contributed by atoms with E-state index in [2.05, 4.69) is 5.32 Å². The first-order chi connectivity index (χ1) is 7.63. The molecule has 3 nitrogen and oxygen atoms in total. The third-order valence-electron chi connectivity index (χ3n) is 3.78. The SMILES string of the molecule is O=C(O)C1CC12CCNc1ccc(F)cc12. The van der Waals surface area contributed by atoms with E-state index in [4.69, 9.17) is 5.11 Å². The molecule has 1 aliphatic heterocycles. The Morgan fingerprint density at radius 3 is 3.06 bits per heavy atom. The van der Waals surface area contributed by atoms with Crippen LogP contribution in [0.4, 0.5) is 10.1 Å². The Labute approximate surface area is 92.3 Å². The van der Waals surface area contributed by atoms with Gasteiger partial charge in [-0.25, -0.2) is 4.39 Å². The van der Waals surface area contributed by atoms with E-state index in [1.54, 1.807) is 6.07 Å². The molecule has 1 spiro atoms. The van der Waals surface area contributed by atoms with Crippen molar-refractivity contribution < 1.29 is 14.3 Å². The molecule has 1 aromatic rings. The van der Waals surface area contributed by atoms with E-state index in [0.717, 1.165) is 24.2 Å². The van der Waals surface area contributed by atoms with E-state index < -0.39 is 5.97 Å². The normalized spacial score (nSPS) is 30.7. The number of fused-ring (bicyclic) bond motifs is 2. The summed E-state index contributed by atoms with van der Waals surface area (Å²) in [7, 11) is 0. The monoisotopic (exact) mass is 221 g/mol. The van der Waals surface area contributed by atoms with Gasteiger partial charge in [-0.05, 0) is 36.6 Å². The van der Waals surface area contributed by atoms with Gasteiger partial charge >= 0.3 is 5.97 Å². The average Bonchev–Trinajstić information content (AvgIpc) is 2.96. The van der Waals surface area contributed by atoms with Crippen LogP contribution in [-0.2, 0) is 10.2 Å². The molecule has 84 valence electrons. The van der Waals surface area contributed by atoms with Crippen molar-refractivity contribution >= 4 is 11.7 Å². The van der Waals surface area contributed by atoms with Crippen molar-refractivity contribution in [1.29, 1.82) is 0 Å². The van der Waals surface area contributed by atoms with E-state index >= 15 is 0 Å². The maximum Gasteiger partial charge on any atom is 0.307 e. The van der Waals surface area contributed by atoms with Crippen LogP contribution >= 0.6 is 0 Å². The molecule has 0 saturated heterocycles. The lowest BCUT2D eigenvalue weighted by Crippen LogP contribution is -2.25. The van der Waals surface area contributed by atoms with Gasteiger partial charge in [0.25, 0.3) is 0 Å². The molecular weight excluding hydrogens is 209 g/mol. The van der Waals surface area contributed by atoms with Crippen LogP contribution in [0, 0.1) is 11.7 Å². The van der Waals surface area contributed by atoms with Crippen molar-refractivity contribution in [1.82, 2.24) is 0 Å². The molecule has 0 radical (unpaired) electrons. The van der Waals surface area contributed by atoms with Gasteiger partial charge in [-0.1, -0.05) is 0 Å². The number of hydrogen-bond acceptors (Lipinski definition) is 2. The summed E-state index contributed by atoms with van der Waals surface area (Å²) >= 11 is 0. The Morgan fingerprint density at radius 2 is 2.38 bits per heavy atom. The molecule has 1 aromatic carbocycles. The van der Waals surface area contributed by atoms with Gasteiger partial charge in [0.05, 0.1) is 5.92 Å². The highest BCUT2D eigenvalue weighted by Crippen LogP contribution is 2.60. The lowest BCUT2D eigenvalue weighted by atomic mass is 9.85. The van der Waals surface area contributed by atoms with Crippen LogP contribution < -0.4 is 5.32 Å². The molecule has 2 atom stereocenters. The topological polar surface area (TPSA) is 49.3 Å². The number of carboxylic acid groups (broad SMARTS) is 1. The zero-order valence-electron chi connectivity index (χ0n) is 8.66. The van der Waals surface area contributed by atoms with Crippen LogP contribution in [0.2, 0.25) is 0 Å². The van der Waals surface area contributed by atoms with Crippen molar-refractivity contribution in [3.63, 3.8) is 0 Å². The molecule has 1 fully saturated rings. The number of anilines is 1. The molecule has 0 aromatic heterocycles. The van der Waals surface area contributed by atoms with Gasteiger partial charge in [0.1, 0.15) is 5.82 Å². The Morgan fingerprint density at radius 1 is 1.56 bits per heavy atom.